The summed E-state index contributed by atoms with van der Waals surface area (Å²) in [4.78, 5) is 25.9. The van der Waals surface area contributed by atoms with Gasteiger partial charge in [0.05, 0.1) is 12.3 Å². The smallest absolute Gasteiger partial charge is 0.253 e. The fraction of sp³-hybridized carbons (Fsp3) is 0.240. The molecule has 0 fully saturated rings. The number of oxime groups is 1. The molecule has 1 amide bonds. The molecule has 34 heavy (non-hydrogen) atoms. The van der Waals surface area contributed by atoms with E-state index in [1.54, 1.807) is 50.5 Å². The average Bonchev–Trinajstić information content (AvgIpc) is 2.82. The maximum Gasteiger partial charge on any atom is 0.253 e. The van der Waals surface area contributed by atoms with E-state index in [1.165, 1.54) is 33.9 Å². The maximum atomic E-state index is 15.0. The highest BCUT2D eigenvalue weighted by Gasteiger charge is 2.23. The number of likely N-dealkylation sites (N-methyl/N-ethyl adjacent to an activating group) is 1. The van der Waals surface area contributed by atoms with Crippen LogP contribution in [0, 0.1) is 5.82 Å². The molecule has 1 unspecified atom stereocenters. The molecule has 3 rings (SSSR count). The van der Waals surface area contributed by atoms with Crippen molar-refractivity contribution in [3.05, 3.63) is 104 Å². The fourth-order valence-electron chi connectivity index (χ4n) is 3.73. The van der Waals surface area contributed by atoms with E-state index in [9.17, 15) is 14.8 Å². The highest BCUT2D eigenvalue weighted by Crippen LogP contribution is 2.33. The molecule has 0 aliphatic rings. The first-order valence-corrected chi connectivity index (χ1v) is 10.9. The van der Waals surface area contributed by atoms with Crippen LogP contribution < -0.4 is 5.56 Å². The van der Waals surface area contributed by atoms with E-state index < -0.39 is 11.7 Å². The standard InChI is InChI=1S/C25H25ClFN3O4/c1-29(10-11-31)25(33)17-5-3-4-16(12-17)21(20-8-7-19(26)13-22(20)27)14-23(28-34)18-6-9-24(32)30(2)15-18/h3-9,12-13,15,21,31,34H,10-11,14H2,1-2H3/b28-23+. The highest BCUT2D eigenvalue weighted by atomic mass is 35.5. The summed E-state index contributed by atoms with van der Waals surface area (Å²) in [5.41, 5.74) is 1.82. The van der Waals surface area contributed by atoms with Gasteiger partial charge in [-0.3, -0.25) is 9.59 Å². The molecule has 0 spiro atoms. The first-order valence-electron chi connectivity index (χ1n) is 10.5. The van der Waals surface area contributed by atoms with Gasteiger partial charge in [-0.2, -0.15) is 0 Å². The van der Waals surface area contributed by atoms with E-state index in [0.29, 0.717) is 22.3 Å². The summed E-state index contributed by atoms with van der Waals surface area (Å²) in [6, 6.07) is 14.0. The molecule has 3 aromatic rings. The Morgan fingerprint density at radius 3 is 2.59 bits per heavy atom. The Bertz CT molecular complexity index is 1280. The predicted octanol–water partition coefficient (Wildman–Crippen LogP) is 3.64. The van der Waals surface area contributed by atoms with Crippen molar-refractivity contribution >= 4 is 23.2 Å². The number of halogens is 2. The van der Waals surface area contributed by atoms with Gasteiger partial charge in [0.25, 0.3) is 5.91 Å². The molecule has 0 bridgehead atoms. The van der Waals surface area contributed by atoms with Gasteiger partial charge in [-0.25, -0.2) is 4.39 Å². The number of rotatable bonds is 8. The number of pyridine rings is 1. The Morgan fingerprint density at radius 1 is 1.18 bits per heavy atom. The number of aliphatic hydroxyl groups excluding tert-OH is 1. The lowest BCUT2D eigenvalue weighted by Gasteiger charge is -2.21. The minimum Gasteiger partial charge on any atom is -0.411 e. The number of aliphatic hydroxyl groups is 1. The zero-order valence-corrected chi connectivity index (χ0v) is 19.5. The topological polar surface area (TPSA) is 95.1 Å². The van der Waals surface area contributed by atoms with Gasteiger partial charge in [-0.05, 0) is 41.5 Å². The summed E-state index contributed by atoms with van der Waals surface area (Å²) in [6.07, 6.45) is 1.62. The summed E-state index contributed by atoms with van der Waals surface area (Å²) in [5, 5.41) is 22.6. The van der Waals surface area contributed by atoms with E-state index in [0.717, 1.165) is 0 Å². The molecule has 0 aliphatic carbocycles. The molecule has 0 radical (unpaired) electrons. The molecule has 0 saturated carbocycles. The summed E-state index contributed by atoms with van der Waals surface area (Å²) in [5.74, 6) is -1.46. The van der Waals surface area contributed by atoms with Crippen molar-refractivity contribution in [2.24, 2.45) is 12.2 Å². The largest absolute Gasteiger partial charge is 0.411 e. The lowest BCUT2D eigenvalue weighted by atomic mass is 9.84. The Morgan fingerprint density at radius 2 is 1.94 bits per heavy atom. The SMILES string of the molecule is CN(CCO)C(=O)c1cccc(C(C/C(=N\O)c2ccc(=O)n(C)c2)c2ccc(Cl)cc2F)c1. The van der Waals surface area contributed by atoms with Gasteiger partial charge in [-0.15, -0.1) is 0 Å². The first kappa shape index (κ1) is 25.1. The number of carbonyl (C=O) groups excluding carboxylic acids is 1. The second-order valence-electron chi connectivity index (χ2n) is 7.91. The van der Waals surface area contributed by atoms with E-state index in [1.807, 2.05) is 0 Å². The Labute approximate surface area is 201 Å². The summed E-state index contributed by atoms with van der Waals surface area (Å²) in [7, 11) is 3.16. The zero-order chi connectivity index (χ0) is 24.8. The minimum absolute atomic E-state index is 0.0807. The second kappa shape index (κ2) is 11.1. The van der Waals surface area contributed by atoms with Gasteiger partial charge in [0, 0.05) is 61.4 Å². The third-order valence-electron chi connectivity index (χ3n) is 5.59. The highest BCUT2D eigenvalue weighted by molar-refractivity contribution is 6.30. The quantitative estimate of drug-likeness (QED) is 0.289. The van der Waals surface area contributed by atoms with Crippen molar-refractivity contribution < 1.29 is 19.5 Å². The van der Waals surface area contributed by atoms with Crippen LogP contribution in [0.15, 0.2) is 70.7 Å². The van der Waals surface area contributed by atoms with Crippen LogP contribution in [-0.2, 0) is 7.05 Å². The molecule has 0 saturated heterocycles. The molecule has 178 valence electrons. The van der Waals surface area contributed by atoms with Crippen LogP contribution in [0.25, 0.3) is 0 Å². The predicted molar refractivity (Wildman–Crippen MR) is 128 cm³/mol. The first-order chi connectivity index (χ1) is 16.2. The molecule has 2 N–H and O–H groups in total. The minimum atomic E-state index is -0.628. The molecular weight excluding hydrogens is 461 g/mol. The molecule has 9 heteroatoms. The molecule has 2 aromatic carbocycles. The number of hydrogen-bond donors (Lipinski definition) is 2. The summed E-state index contributed by atoms with van der Waals surface area (Å²) in [6.45, 7) is 0.00277. The van der Waals surface area contributed by atoms with Crippen molar-refractivity contribution in [3.63, 3.8) is 0 Å². The number of hydrogen-bond acceptors (Lipinski definition) is 5. The van der Waals surface area contributed by atoms with Crippen molar-refractivity contribution in [2.45, 2.75) is 12.3 Å². The lowest BCUT2D eigenvalue weighted by Crippen LogP contribution is -2.29. The Hall–Kier alpha value is -3.49. The van der Waals surface area contributed by atoms with Gasteiger partial charge >= 0.3 is 0 Å². The number of benzene rings is 2. The number of carbonyl (C=O) groups is 1. The van der Waals surface area contributed by atoms with Crippen molar-refractivity contribution in [1.82, 2.24) is 9.47 Å². The molecule has 0 aliphatic heterocycles. The van der Waals surface area contributed by atoms with Crippen molar-refractivity contribution in [3.8, 4) is 0 Å². The van der Waals surface area contributed by atoms with Crippen LogP contribution in [0.4, 0.5) is 4.39 Å². The number of nitrogens with zero attached hydrogens (tertiary/aromatic N) is 3. The van der Waals surface area contributed by atoms with Gasteiger partial charge < -0.3 is 19.8 Å². The number of aromatic nitrogens is 1. The third kappa shape index (κ3) is 5.70. The normalized spacial score (nSPS) is 12.4. The maximum absolute atomic E-state index is 15.0. The van der Waals surface area contributed by atoms with E-state index in [-0.39, 0.29) is 41.8 Å². The Kier molecular flexibility index (Phi) is 8.20. The third-order valence-corrected chi connectivity index (χ3v) is 5.83. The van der Waals surface area contributed by atoms with Crippen LogP contribution in [-0.4, -0.2) is 51.6 Å². The molecule has 1 heterocycles. The Balaban J connectivity index is 2.08. The van der Waals surface area contributed by atoms with Crippen LogP contribution in [0.3, 0.4) is 0 Å². The van der Waals surface area contributed by atoms with Gasteiger partial charge in [0.2, 0.25) is 5.56 Å². The van der Waals surface area contributed by atoms with E-state index >= 15 is 4.39 Å². The monoisotopic (exact) mass is 485 g/mol. The number of aryl methyl sites for hydroxylation is 1. The summed E-state index contributed by atoms with van der Waals surface area (Å²) >= 11 is 5.95. The van der Waals surface area contributed by atoms with Crippen LogP contribution >= 0.6 is 11.6 Å². The molecule has 1 atom stereocenters. The van der Waals surface area contributed by atoms with Crippen molar-refractivity contribution in [1.29, 1.82) is 0 Å². The van der Waals surface area contributed by atoms with Crippen molar-refractivity contribution in [2.75, 3.05) is 20.2 Å². The van der Waals surface area contributed by atoms with Crippen LogP contribution in [0.5, 0.6) is 0 Å². The molecule has 7 nitrogen and oxygen atoms in total. The zero-order valence-electron chi connectivity index (χ0n) is 18.8. The molecule has 1 aromatic heterocycles. The molecular formula is C25H25ClFN3O4. The van der Waals surface area contributed by atoms with Gasteiger partial charge in [-0.1, -0.05) is 35.0 Å². The second-order valence-corrected chi connectivity index (χ2v) is 8.35. The van der Waals surface area contributed by atoms with Gasteiger partial charge in [0.15, 0.2) is 0 Å². The van der Waals surface area contributed by atoms with E-state index in [2.05, 4.69) is 5.16 Å². The lowest BCUT2D eigenvalue weighted by molar-refractivity contribution is 0.0767. The van der Waals surface area contributed by atoms with Crippen LogP contribution in [0.1, 0.15) is 39.4 Å². The van der Waals surface area contributed by atoms with E-state index in [4.69, 9.17) is 16.7 Å². The summed E-state index contributed by atoms with van der Waals surface area (Å²) < 4.78 is 16.4. The number of amides is 1. The average molecular weight is 486 g/mol. The fourth-order valence-corrected chi connectivity index (χ4v) is 3.89. The van der Waals surface area contributed by atoms with Gasteiger partial charge in [0.1, 0.15) is 5.82 Å². The van der Waals surface area contributed by atoms with Crippen LogP contribution in [0.2, 0.25) is 5.02 Å².